The molecule has 0 N–H and O–H groups in total. The molecule has 2 aromatic rings. The number of carbonyl (C=O) groups is 1. The zero-order valence-corrected chi connectivity index (χ0v) is 19.0. The molecule has 0 aromatic heterocycles. The van der Waals surface area contributed by atoms with Crippen LogP contribution in [0.25, 0.3) is 0 Å². The molecule has 0 saturated carbocycles. The van der Waals surface area contributed by atoms with E-state index in [0.29, 0.717) is 12.0 Å². The van der Waals surface area contributed by atoms with Crippen LogP contribution in [0.15, 0.2) is 42.5 Å². The fraction of sp³-hybridized carbons (Fsp3) is 0.458. The topological polar surface area (TPSA) is 23.6 Å². The lowest BCUT2D eigenvalue weighted by molar-refractivity contribution is 0.0986. The molecule has 1 aliphatic carbocycles. The average molecular weight is 488 g/mol. The van der Waals surface area contributed by atoms with Gasteiger partial charge in [-0.15, -0.1) is 0 Å². The summed E-state index contributed by atoms with van der Waals surface area (Å²) in [7, 11) is 0. The first kappa shape index (κ1) is 19.9. The van der Waals surface area contributed by atoms with E-state index in [0.717, 1.165) is 24.2 Å². The summed E-state index contributed by atoms with van der Waals surface area (Å²) in [6.45, 7) is 7.71. The molecule has 4 heteroatoms. The van der Waals surface area contributed by atoms with E-state index in [1.54, 1.807) is 0 Å². The normalized spacial score (nSPS) is 20.5. The van der Waals surface area contributed by atoms with Gasteiger partial charge in [0, 0.05) is 33.3 Å². The van der Waals surface area contributed by atoms with E-state index in [2.05, 4.69) is 53.5 Å². The van der Waals surface area contributed by atoms with Gasteiger partial charge in [-0.3, -0.25) is 4.79 Å². The van der Waals surface area contributed by atoms with E-state index in [1.807, 2.05) is 35.2 Å². The minimum atomic E-state index is 0.133. The average Bonchev–Trinajstić information content (AvgIpc) is 3.09. The predicted octanol–water partition coefficient (Wildman–Crippen LogP) is 5.47. The highest BCUT2D eigenvalue weighted by molar-refractivity contribution is 14.1. The largest absolute Gasteiger partial charge is 0.307 e. The van der Waals surface area contributed by atoms with Gasteiger partial charge in [0.15, 0.2) is 0 Å². The minimum Gasteiger partial charge on any atom is -0.307 e. The number of halogens is 1. The van der Waals surface area contributed by atoms with E-state index in [9.17, 15) is 4.79 Å². The lowest BCUT2D eigenvalue weighted by atomic mass is 9.80. The molecule has 0 spiro atoms. The van der Waals surface area contributed by atoms with Crippen LogP contribution in [0, 0.1) is 3.57 Å². The van der Waals surface area contributed by atoms with Gasteiger partial charge in [-0.1, -0.05) is 32.0 Å². The van der Waals surface area contributed by atoms with E-state index in [4.69, 9.17) is 0 Å². The summed E-state index contributed by atoms with van der Waals surface area (Å²) in [6.07, 6.45) is 4.68. The highest BCUT2D eigenvalue weighted by atomic mass is 127. The molecule has 0 bridgehead atoms. The fourth-order valence-corrected chi connectivity index (χ4v) is 5.72. The van der Waals surface area contributed by atoms with E-state index in [-0.39, 0.29) is 5.91 Å². The molecular weight excluding hydrogens is 459 g/mol. The maximum Gasteiger partial charge on any atom is 0.258 e. The highest BCUT2D eigenvalue weighted by Crippen LogP contribution is 2.47. The molecule has 1 amide bonds. The molecular formula is C24H29IN2O. The molecule has 4 rings (SSSR count). The summed E-state index contributed by atoms with van der Waals surface area (Å²) in [5, 5.41) is 0. The first-order valence-electron chi connectivity index (χ1n) is 10.6. The SMILES string of the molecule is CCCN(CCC)[C@@H]1Cc2c(I)ccc3c2C(C1)CN3C(=O)c1ccccc1. The maximum atomic E-state index is 13.2. The van der Waals surface area contributed by atoms with Gasteiger partial charge in [-0.2, -0.15) is 0 Å². The lowest BCUT2D eigenvalue weighted by Crippen LogP contribution is -2.42. The zero-order valence-electron chi connectivity index (χ0n) is 16.8. The number of hydrogen-bond acceptors (Lipinski definition) is 2. The van der Waals surface area contributed by atoms with Gasteiger partial charge in [-0.05, 0) is 96.8 Å². The Labute approximate surface area is 182 Å². The Balaban J connectivity index is 1.67. The Morgan fingerprint density at radius 2 is 1.82 bits per heavy atom. The van der Waals surface area contributed by atoms with Gasteiger partial charge in [0.05, 0.1) is 0 Å². The van der Waals surface area contributed by atoms with E-state index >= 15 is 0 Å². The van der Waals surface area contributed by atoms with Crippen LogP contribution >= 0.6 is 22.6 Å². The predicted molar refractivity (Wildman–Crippen MR) is 124 cm³/mol. The van der Waals surface area contributed by atoms with Gasteiger partial charge in [0.1, 0.15) is 0 Å². The lowest BCUT2D eigenvalue weighted by Gasteiger charge is -2.37. The van der Waals surface area contributed by atoms with Crippen LogP contribution in [-0.2, 0) is 6.42 Å². The van der Waals surface area contributed by atoms with Gasteiger partial charge in [0.2, 0.25) is 0 Å². The second kappa shape index (κ2) is 8.54. The Morgan fingerprint density at radius 1 is 1.11 bits per heavy atom. The molecule has 1 heterocycles. The molecule has 0 saturated heterocycles. The number of anilines is 1. The maximum absolute atomic E-state index is 13.2. The summed E-state index contributed by atoms with van der Waals surface area (Å²) in [5.41, 5.74) is 4.86. The van der Waals surface area contributed by atoms with Crippen molar-refractivity contribution in [2.45, 2.75) is 51.5 Å². The molecule has 0 fully saturated rings. The number of amides is 1. The van der Waals surface area contributed by atoms with Gasteiger partial charge in [0.25, 0.3) is 5.91 Å². The van der Waals surface area contributed by atoms with Crippen molar-refractivity contribution in [1.29, 1.82) is 0 Å². The molecule has 148 valence electrons. The van der Waals surface area contributed by atoms with Crippen LogP contribution in [0.1, 0.15) is 60.5 Å². The van der Waals surface area contributed by atoms with Crippen LogP contribution in [0.3, 0.4) is 0 Å². The number of nitrogens with zero attached hydrogens (tertiary/aromatic N) is 2. The van der Waals surface area contributed by atoms with Crippen molar-refractivity contribution in [3.63, 3.8) is 0 Å². The third-order valence-electron chi connectivity index (χ3n) is 6.18. The van der Waals surface area contributed by atoms with E-state index < -0.39 is 0 Å². The van der Waals surface area contributed by atoms with Crippen molar-refractivity contribution in [1.82, 2.24) is 4.90 Å². The standard InChI is InChI=1S/C24H29IN2O/c1-3-12-26(13-4-2)19-14-18-16-27(24(28)17-8-6-5-7-9-17)22-11-10-21(25)20(15-19)23(18)22/h5-11,18-19H,3-4,12-16H2,1-2H3/t18?,19-/m0/s1. The molecule has 3 nitrogen and oxygen atoms in total. The van der Waals surface area contributed by atoms with Crippen LogP contribution in [0.4, 0.5) is 5.69 Å². The number of rotatable bonds is 6. The first-order valence-corrected chi connectivity index (χ1v) is 11.6. The van der Waals surface area contributed by atoms with Crippen molar-refractivity contribution in [3.8, 4) is 0 Å². The third kappa shape index (κ3) is 3.61. The summed E-state index contributed by atoms with van der Waals surface area (Å²) < 4.78 is 1.35. The molecule has 2 atom stereocenters. The summed E-state index contributed by atoms with van der Waals surface area (Å²) in [4.78, 5) is 17.9. The summed E-state index contributed by atoms with van der Waals surface area (Å²) >= 11 is 2.49. The van der Waals surface area contributed by atoms with Crippen LogP contribution in [-0.4, -0.2) is 36.5 Å². The third-order valence-corrected chi connectivity index (χ3v) is 7.19. The van der Waals surface area contributed by atoms with Crippen LogP contribution in [0.5, 0.6) is 0 Å². The van der Waals surface area contributed by atoms with Crippen LogP contribution < -0.4 is 4.90 Å². The summed E-state index contributed by atoms with van der Waals surface area (Å²) in [6, 6.07) is 14.7. The van der Waals surface area contributed by atoms with Gasteiger partial charge < -0.3 is 9.80 Å². The second-order valence-corrected chi connectivity index (χ2v) is 9.23. The minimum absolute atomic E-state index is 0.133. The zero-order chi connectivity index (χ0) is 19.7. The molecule has 0 radical (unpaired) electrons. The number of benzene rings is 2. The van der Waals surface area contributed by atoms with Crippen molar-refractivity contribution >= 4 is 34.2 Å². The van der Waals surface area contributed by atoms with Crippen LogP contribution in [0.2, 0.25) is 0 Å². The highest BCUT2D eigenvalue weighted by Gasteiger charge is 2.40. The van der Waals surface area contributed by atoms with Crippen molar-refractivity contribution < 1.29 is 4.79 Å². The van der Waals surface area contributed by atoms with Crippen molar-refractivity contribution in [2.24, 2.45) is 0 Å². The molecule has 1 aliphatic heterocycles. The number of carbonyl (C=O) groups excluding carboxylic acids is 1. The molecule has 1 unspecified atom stereocenters. The van der Waals surface area contributed by atoms with Gasteiger partial charge in [-0.25, -0.2) is 0 Å². The Hall–Kier alpha value is -1.40. The van der Waals surface area contributed by atoms with Crippen molar-refractivity contribution in [3.05, 3.63) is 62.7 Å². The molecule has 2 aliphatic rings. The van der Waals surface area contributed by atoms with E-state index in [1.165, 1.54) is 47.0 Å². The Morgan fingerprint density at radius 3 is 2.50 bits per heavy atom. The molecule has 28 heavy (non-hydrogen) atoms. The first-order chi connectivity index (χ1) is 13.6. The Bertz CT molecular complexity index is 845. The van der Waals surface area contributed by atoms with Crippen molar-refractivity contribution in [2.75, 3.05) is 24.5 Å². The number of hydrogen-bond donors (Lipinski definition) is 0. The fourth-order valence-electron chi connectivity index (χ4n) is 5.03. The quantitative estimate of drug-likeness (QED) is 0.504. The second-order valence-electron chi connectivity index (χ2n) is 8.07. The smallest absolute Gasteiger partial charge is 0.258 e. The molecule has 2 aromatic carbocycles. The monoisotopic (exact) mass is 488 g/mol. The summed E-state index contributed by atoms with van der Waals surface area (Å²) in [5.74, 6) is 0.594. The Kier molecular flexibility index (Phi) is 6.07. The van der Waals surface area contributed by atoms with Gasteiger partial charge >= 0.3 is 0 Å².